The molecule has 6 nitrogen and oxygen atoms in total. The average Bonchev–Trinajstić information content (AvgIpc) is 2.77. The number of aromatic nitrogens is 3. The molecule has 2 saturated heterocycles. The van der Waals surface area contributed by atoms with Crippen LogP contribution in [0.5, 0.6) is 0 Å². The summed E-state index contributed by atoms with van der Waals surface area (Å²) in [6, 6.07) is 0.305. The molecule has 1 unspecified atom stereocenters. The Labute approximate surface area is 125 Å². The van der Waals surface area contributed by atoms with Crippen molar-refractivity contribution in [3.05, 3.63) is 12.4 Å². The summed E-state index contributed by atoms with van der Waals surface area (Å²) in [4.78, 5) is 16.2. The van der Waals surface area contributed by atoms with Gasteiger partial charge in [-0.05, 0) is 46.0 Å². The van der Waals surface area contributed by atoms with Crippen LogP contribution in [0, 0.1) is 5.92 Å². The van der Waals surface area contributed by atoms with Crippen LogP contribution in [-0.2, 0) is 11.3 Å². The lowest BCUT2D eigenvalue weighted by Crippen LogP contribution is -2.73. The number of fused-ring (bicyclic) bond motifs is 2. The second kappa shape index (κ2) is 4.71. The molecular weight excluding hydrogens is 268 g/mol. The van der Waals surface area contributed by atoms with Gasteiger partial charge in [-0.3, -0.25) is 4.90 Å². The molecule has 6 heteroatoms. The summed E-state index contributed by atoms with van der Waals surface area (Å²) in [5.41, 5.74) is -0.637. The van der Waals surface area contributed by atoms with E-state index in [0.717, 1.165) is 19.3 Å². The van der Waals surface area contributed by atoms with E-state index in [1.54, 1.807) is 17.2 Å². The Bertz CT molecular complexity index is 522. The summed E-state index contributed by atoms with van der Waals surface area (Å²) in [6.07, 6.45) is 6.24. The molecule has 1 amide bonds. The molecule has 0 radical (unpaired) electrons. The number of carbonyl (C=O) groups excluding carboxylic acids is 1. The molecular formula is C15H24N4O2. The van der Waals surface area contributed by atoms with Crippen molar-refractivity contribution >= 4 is 6.09 Å². The van der Waals surface area contributed by atoms with Gasteiger partial charge >= 0.3 is 6.09 Å². The summed E-state index contributed by atoms with van der Waals surface area (Å²) in [7, 11) is 0. The molecule has 3 atom stereocenters. The summed E-state index contributed by atoms with van der Waals surface area (Å²) < 4.78 is 5.59. The van der Waals surface area contributed by atoms with E-state index in [1.165, 1.54) is 0 Å². The number of rotatable bonds is 2. The first-order valence-electron chi connectivity index (χ1n) is 7.65. The zero-order valence-corrected chi connectivity index (χ0v) is 13.2. The average molecular weight is 292 g/mol. The Hall–Kier alpha value is -1.59. The van der Waals surface area contributed by atoms with E-state index >= 15 is 0 Å². The molecule has 21 heavy (non-hydrogen) atoms. The fourth-order valence-corrected chi connectivity index (χ4v) is 3.92. The zero-order chi connectivity index (χ0) is 15.3. The maximum absolute atomic E-state index is 12.5. The van der Waals surface area contributed by atoms with Crippen molar-refractivity contribution in [2.75, 3.05) is 0 Å². The quantitative estimate of drug-likeness (QED) is 0.840. The second-order valence-electron chi connectivity index (χ2n) is 7.54. The summed E-state index contributed by atoms with van der Waals surface area (Å²) >= 11 is 0. The number of amides is 1. The fraction of sp³-hybridized carbons (Fsp3) is 0.800. The molecule has 0 N–H and O–H groups in total. The molecule has 3 fully saturated rings. The monoisotopic (exact) mass is 292 g/mol. The highest BCUT2D eigenvalue weighted by molar-refractivity contribution is 5.71. The van der Waals surface area contributed by atoms with E-state index in [4.69, 9.17) is 4.74 Å². The van der Waals surface area contributed by atoms with E-state index < -0.39 is 5.60 Å². The Morgan fingerprint density at radius 1 is 1.33 bits per heavy atom. The molecule has 4 rings (SSSR count). The first-order valence-corrected chi connectivity index (χ1v) is 7.65. The van der Waals surface area contributed by atoms with Crippen LogP contribution >= 0.6 is 0 Å². The summed E-state index contributed by atoms with van der Waals surface area (Å²) in [5.74, 6) is 0.623. The smallest absolute Gasteiger partial charge is 0.411 e. The van der Waals surface area contributed by atoms with Crippen molar-refractivity contribution in [1.82, 2.24) is 19.9 Å². The number of carbonyl (C=O) groups is 1. The highest BCUT2D eigenvalue weighted by atomic mass is 16.6. The Kier molecular flexibility index (Phi) is 3.22. The predicted molar refractivity (Wildman–Crippen MR) is 77.6 cm³/mol. The number of ether oxygens (including phenoxy) is 1. The maximum atomic E-state index is 12.5. The highest BCUT2D eigenvalue weighted by Crippen LogP contribution is 2.50. The Morgan fingerprint density at radius 2 is 2.00 bits per heavy atom. The van der Waals surface area contributed by atoms with E-state index in [2.05, 4.69) is 17.1 Å². The SMILES string of the molecule is C[C@@H]1CC2C[C@](Cn3nccn3)(C1)N2C(=O)OC(C)(C)C. The van der Waals surface area contributed by atoms with Crippen molar-refractivity contribution in [1.29, 1.82) is 0 Å². The molecule has 3 aliphatic rings. The Morgan fingerprint density at radius 3 is 2.62 bits per heavy atom. The first-order chi connectivity index (χ1) is 9.79. The third-order valence-corrected chi connectivity index (χ3v) is 4.39. The molecule has 1 aromatic heterocycles. The lowest BCUT2D eigenvalue weighted by atomic mass is 9.64. The van der Waals surface area contributed by atoms with Gasteiger partial charge in [0.1, 0.15) is 5.60 Å². The minimum Gasteiger partial charge on any atom is -0.444 e. The van der Waals surface area contributed by atoms with Crippen molar-refractivity contribution in [3.8, 4) is 0 Å². The summed E-state index contributed by atoms with van der Waals surface area (Å²) in [6.45, 7) is 8.63. The number of nitrogens with zero attached hydrogens (tertiary/aromatic N) is 4. The van der Waals surface area contributed by atoms with Gasteiger partial charge in [0, 0.05) is 6.04 Å². The molecule has 3 heterocycles. The number of hydrogen-bond acceptors (Lipinski definition) is 4. The van der Waals surface area contributed by atoms with Gasteiger partial charge in [0.25, 0.3) is 0 Å². The largest absolute Gasteiger partial charge is 0.444 e. The molecule has 116 valence electrons. The van der Waals surface area contributed by atoms with Crippen molar-refractivity contribution in [2.45, 2.75) is 70.7 Å². The minimum absolute atomic E-state index is 0.177. The molecule has 0 aromatic carbocycles. The van der Waals surface area contributed by atoms with Gasteiger partial charge in [-0.2, -0.15) is 15.0 Å². The minimum atomic E-state index is -0.461. The summed E-state index contributed by atoms with van der Waals surface area (Å²) in [5, 5.41) is 8.40. The maximum Gasteiger partial charge on any atom is 0.411 e. The van der Waals surface area contributed by atoms with Crippen LogP contribution in [0.3, 0.4) is 0 Å². The zero-order valence-electron chi connectivity index (χ0n) is 13.2. The Balaban J connectivity index is 1.80. The van der Waals surface area contributed by atoms with Gasteiger partial charge in [0.15, 0.2) is 0 Å². The normalized spacial score (nSPS) is 31.7. The lowest BCUT2D eigenvalue weighted by molar-refractivity contribution is -0.132. The molecule has 1 aromatic rings. The van der Waals surface area contributed by atoms with Gasteiger partial charge < -0.3 is 4.74 Å². The predicted octanol–water partition coefficient (Wildman–Crippen LogP) is 2.46. The van der Waals surface area contributed by atoms with Gasteiger partial charge in [0.05, 0.1) is 24.5 Å². The van der Waals surface area contributed by atoms with Gasteiger partial charge in [-0.25, -0.2) is 4.79 Å². The van der Waals surface area contributed by atoms with E-state index in [9.17, 15) is 4.79 Å². The molecule has 1 aliphatic carbocycles. The van der Waals surface area contributed by atoms with Gasteiger partial charge in [-0.15, -0.1) is 0 Å². The number of hydrogen-bond donors (Lipinski definition) is 0. The third kappa shape index (κ3) is 2.63. The second-order valence-corrected chi connectivity index (χ2v) is 7.54. The van der Waals surface area contributed by atoms with Crippen molar-refractivity contribution < 1.29 is 9.53 Å². The van der Waals surface area contributed by atoms with Gasteiger partial charge in [0.2, 0.25) is 0 Å². The molecule has 1 saturated carbocycles. The third-order valence-electron chi connectivity index (χ3n) is 4.39. The van der Waals surface area contributed by atoms with Crippen LogP contribution in [0.4, 0.5) is 4.79 Å². The van der Waals surface area contributed by atoms with Gasteiger partial charge in [-0.1, -0.05) is 6.92 Å². The molecule has 0 spiro atoms. The number of piperidine rings is 1. The van der Waals surface area contributed by atoms with Crippen LogP contribution in [0.2, 0.25) is 0 Å². The molecule has 2 aliphatic heterocycles. The van der Waals surface area contributed by atoms with Crippen LogP contribution in [-0.4, -0.2) is 43.2 Å². The van der Waals surface area contributed by atoms with Crippen molar-refractivity contribution in [3.63, 3.8) is 0 Å². The highest BCUT2D eigenvalue weighted by Gasteiger charge is 2.59. The molecule has 2 bridgehead atoms. The fourth-order valence-electron chi connectivity index (χ4n) is 3.92. The van der Waals surface area contributed by atoms with Crippen LogP contribution in [0.25, 0.3) is 0 Å². The van der Waals surface area contributed by atoms with Crippen LogP contribution < -0.4 is 0 Å². The van der Waals surface area contributed by atoms with Crippen LogP contribution in [0.15, 0.2) is 12.4 Å². The first kappa shape index (κ1) is 14.4. The topological polar surface area (TPSA) is 60.2 Å². The van der Waals surface area contributed by atoms with Crippen LogP contribution in [0.1, 0.15) is 47.0 Å². The standard InChI is InChI=1S/C15H24N4O2/c1-11-7-12-9-15(8-11,10-18-16-5-6-17-18)19(12)13(20)21-14(2,3)4/h5-6,11-12H,7-10H2,1-4H3/t11-,12?,15+/m1/s1. The van der Waals surface area contributed by atoms with Crippen molar-refractivity contribution in [2.24, 2.45) is 5.92 Å². The van der Waals surface area contributed by atoms with E-state index in [0.29, 0.717) is 18.5 Å². The van der Waals surface area contributed by atoms with E-state index in [-0.39, 0.29) is 11.6 Å². The lowest BCUT2D eigenvalue weighted by Gasteiger charge is -2.62. The van der Waals surface area contributed by atoms with E-state index in [1.807, 2.05) is 25.7 Å².